The number of aromatic nitrogens is 3. The predicted molar refractivity (Wildman–Crippen MR) is 133 cm³/mol. The van der Waals surface area contributed by atoms with Crippen LogP contribution in [-0.2, 0) is 30.3 Å². The van der Waals surface area contributed by atoms with Gasteiger partial charge in [0.05, 0.1) is 20.4 Å². The van der Waals surface area contributed by atoms with Crippen LogP contribution in [0.3, 0.4) is 0 Å². The Balaban J connectivity index is 1.29. The summed E-state index contributed by atoms with van der Waals surface area (Å²) in [5, 5.41) is 12.5. The first kappa shape index (κ1) is 26.3. The Morgan fingerprint density at radius 3 is 2.26 bits per heavy atom. The zero-order valence-corrected chi connectivity index (χ0v) is 20.9. The number of benzene rings is 2. The Kier molecular flexibility index (Phi) is 8.31. The Labute approximate surface area is 218 Å². The molecule has 3 aromatic rings. The maximum absolute atomic E-state index is 12.5. The van der Waals surface area contributed by atoms with Gasteiger partial charge in [0.1, 0.15) is 19.2 Å². The minimum Gasteiger partial charge on any atom is -0.468 e. The van der Waals surface area contributed by atoms with Crippen LogP contribution in [0.15, 0.2) is 54.7 Å². The highest BCUT2D eigenvalue weighted by Crippen LogP contribution is 2.44. The van der Waals surface area contributed by atoms with Gasteiger partial charge in [-0.2, -0.15) is 0 Å². The second-order valence-corrected chi connectivity index (χ2v) is 8.47. The molecule has 0 bridgehead atoms. The third-order valence-corrected chi connectivity index (χ3v) is 6.13. The van der Waals surface area contributed by atoms with Gasteiger partial charge >= 0.3 is 18.0 Å². The van der Waals surface area contributed by atoms with Gasteiger partial charge in [-0.3, -0.25) is 9.59 Å². The van der Waals surface area contributed by atoms with E-state index in [1.54, 1.807) is 0 Å². The van der Waals surface area contributed by atoms with Crippen molar-refractivity contribution < 1.29 is 33.4 Å². The van der Waals surface area contributed by atoms with E-state index in [1.807, 2.05) is 36.4 Å². The lowest BCUT2D eigenvalue weighted by Gasteiger charge is -2.17. The van der Waals surface area contributed by atoms with E-state index < -0.39 is 30.0 Å². The molecule has 2 N–H and O–H groups in total. The molecule has 2 aromatic carbocycles. The van der Waals surface area contributed by atoms with E-state index in [0.29, 0.717) is 0 Å². The van der Waals surface area contributed by atoms with Crippen molar-refractivity contribution in [3.63, 3.8) is 0 Å². The minimum absolute atomic E-state index is 0.0335. The number of nitrogens with zero attached hydrogens (tertiary/aromatic N) is 3. The van der Waals surface area contributed by atoms with E-state index >= 15 is 0 Å². The lowest BCUT2D eigenvalue weighted by Crippen LogP contribution is -2.44. The molecule has 0 fully saturated rings. The number of rotatable bonds is 10. The van der Waals surface area contributed by atoms with Crippen LogP contribution in [0.2, 0.25) is 0 Å². The van der Waals surface area contributed by atoms with Gasteiger partial charge in [0.15, 0.2) is 5.69 Å². The molecule has 2 amide bonds. The summed E-state index contributed by atoms with van der Waals surface area (Å²) in [4.78, 5) is 48.5. The summed E-state index contributed by atoms with van der Waals surface area (Å²) in [7, 11) is 2.41. The fourth-order valence-corrected chi connectivity index (χ4v) is 4.27. The second-order valence-electron chi connectivity index (χ2n) is 8.47. The van der Waals surface area contributed by atoms with Crippen molar-refractivity contribution in [1.29, 1.82) is 0 Å². The van der Waals surface area contributed by atoms with Crippen molar-refractivity contribution in [2.24, 2.45) is 0 Å². The monoisotopic (exact) mass is 521 g/mol. The lowest BCUT2D eigenvalue weighted by molar-refractivity contribution is -0.143. The average molecular weight is 522 g/mol. The molecular formula is C26H27N5O7. The summed E-state index contributed by atoms with van der Waals surface area (Å²) in [5.41, 5.74) is 4.34. The number of nitrogens with one attached hydrogen (secondary N) is 2. The number of carbonyl (C=O) groups excluding carboxylic acids is 4. The van der Waals surface area contributed by atoms with Crippen LogP contribution in [-0.4, -0.2) is 72.3 Å². The van der Waals surface area contributed by atoms with Crippen molar-refractivity contribution in [2.75, 3.05) is 27.4 Å². The van der Waals surface area contributed by atoms with Gasteiger partial charge in [0.25, 0.3) is 5.91 Å². The van der Waals surface area contributed by atoms with Gasteiger partial charge in [-0.05, 0) is 28.7 Å². The van der Waals surface area contributed by atoms with E-state index in [0.717, 1.165) is 26.9 Å². The SMILES string of the molecule is COC(=O)Cn1cc(C(=O)NC(CCNC(=O)OCC2c3ccccc3-c3ccccc32)C(=O)OC)nn1. The summed E-state index contributed by atoms with van der Waals surface area (Å²) in [5.74, 6) is -2.04. The first-order valence-electron chi connectivity index (χ1n) is 11.9. The quantitative estimate of drug-likeness (QED) is 0.300. The highest BCUT2D eigenvalue weighted by molar-refractivity contribution is 5.95. The first-order valence-corrected chi connectivity index (χ1v) is 11.9. The van der Waals surface area contributed by atoms with E-state index in [9.17, 15) is 19.2 Å². The van der Waals surface area contributed by atoms with Crippen LogP contribution in [0.5, 0.6) is 0 Å². The normalized spacial score (nSPS) is 12.6. The molecule has 0 aliphatic heterocycles. The Hall–Kier alpha value is -4.74. The van der Waals surface area contributed by atoms with E-state index in [4.69, 9.17) is 9.47 Å². The minimum atomic E-state index is -1.06. The van der Waals surface area contributed by atoms with Crippen LogP contribution < -0.4 is 10.6 Å². The Bertz CT molecular complexity index is 1290. The van der Waals surface area contributed by atoms with Crippen LogP contribution >= 0.6 is 0 Å². The number of esters is 2. The Morgan fingerprint density at radius 2 is 1.63 bits per heavy atom. The van der Waals surface area contributed by atoms with Crippen molar-refractivity contribution in [3.8, 4) is 11.1 Å². The van der Waals surface area contributed by atoms with E-state index in [1.165, 1.54) is 20.4 Å². The van der Waals surface area contributed by atoms with E-state index in [2.05, 4.69) is 37.8 Å². The summed E-state index contributed by atoms with van der Waals surface area (Å²) in [6, 6.07) is 15.0. The number of hydrogen-bond donors (Lipinski definition) is 2. The smallest absolute Gasteiger partial charge is 0.407 e. The molecule has 0 saturated heterocycles. The second kappa shape index (κ2) is 12.0. The molecule has 12 nitrogen and oxygen atoms in total. The standard InChI is InChI=1S/C26H27N5O7/c1-36-23(32)14-31-13-22(29-30-31)24(33)28-21(25(34)37-2)11-12-27-26(35)38-15-20-18-9-5-3-7-16(18)17-8-4-6-10-19(17)20/h3-10,13,20-21H,11-12,14-15H2,1-2H3,(H,27,35)(H,28,33). The summed E-state index contributed by atoms with van der Waals surface area (Å²) >= 11 is 0. The van der Waals surface area contributed by atoms with Gasteiger partial charge in [0, 0.05) is 12.5 Å². The predicted octanol–water partition coefficient (Wildman–Crippen LogP) is 1.65. The maximum atomic E-state index is 12.5. The molecule has 1 unspecified atom stereocenters. The highest BCUT2D eigenvalue weighted by atomic mass is 16.5. The van der Waals surface area contributed by atoms with Crippen LogP contribution in [0.1, 0.15) is 34.0 Å². The molecule has 0 radical (unpaired) electrons. The Morgan fingerprint density at radius 1 is 0.974 bits per heavy atom. The molecule has 1 atom stereocenters. The van der Waals surface area contributed by atoms with Crippen molar-refractivity contribution in [2.45, 2.75) is 24.9 Å². The molecule has 1 aliphatic carbocycles. The average Bonchev–Trinajstić information content (AvgIpc) is 3.53. The summed E-state index contributed by atoms with van der Waals surface area (Å²) in [6.45, 7) is -0.0364. The third-order valence-electron chi connectivity index (χ3n) is 6.13. The number of carbonyl (C=O) groups is 4. The zero-order valence-electron chi connectivity index (χ0n) is 20.9. The molecule has 38 heavy (non-hydrogen) atoms. The van der Waals surface area contributed by atoms with Crippen molar-refractivity contribution in [3.05, 3.63) is 71.5 Å². The molecule has 1 aromatic heterocycles. The topological polar surface area (TPSA) is 151 Å². The lowest BCUT2D eigenvalue weighted by atomic mass is 9.98. The largest absolute Gasteiger partial charge is 0.468 e. The first-order chi connectivity index (χ1) is 18.4. The van der Waals surface area contributed by atoms with Crippen LogP contribution in [0, 0.1) is 0 Å². The number of ether oxygens (including phenoxy) is 3. The fraction of sp³-hybridized carbons (Fsp3) is 0.308. The molecule has 1 heterocycles. The van der Waals surface area contributed by atoms with Gasteiger partial charge in [-0.15, -0.1) is 5.10 Å². The molecule has 1 aliphatic rings. The van der Waals surface area contributed by atoms with Crippen molar-refractivity contribution >= 4 is 23.9 Å². The molecule has 0 spiro atoms. The van der Waals surface area contributed by atoms with Crippen LogP contribution in [0.4, 0.5) is 4.79 Å². The summed E-state index contributed by atoms with van der Waals surface area (Å²) in [6.07, 6.45) is 0.640. The summed E-state index contributed by atoms with van der Waals surface area (Å²) < 4.78 is 15.9. The van der Waals surface area contributed by atoms with Gasteiger partial charge in [0.2, 0.25) is 0 Å². The zero-order chi connectivity index (χ0) is 27.1. The van der Waals surface area contributed by atoms with Crippen molar-refractivity contribution in [1.82, 2.24) is 25.6 Å². The number of alkyl carbamates (subject to hydrolysis) is 1. The fourth-order valence-electron chi connectivity index (χ4n) is 4.27. The van der Waals surface area contributed by atoms with Gasteiger partial charge in [-0.25, -0.2) is 14.3 Å². The van der Waals surface area contributed by atoms with E-state index in [-0.39, 0.29) is 37.7 Å². The van der Waals surface area contributed by atoms with Gasteiger partial charge < -0.3 is 24.8 Å². The molecular weight excluding hydrogens is 494 g/mol. The maximum Gasteiger partial charge on any atom is 0.407 e. The number of hydrogen-bond acceptors (Lipinski definition) is 9. The van der Waals surface area contributed by atoms with Crippen LogP contribution in [0.25, 0.3) is 11.1 Å². The molecule has 4 rings (SSSR count). The molecule has 12 heteroatoms. The number of methoxy groups -OCH3 is 2. The highest BCUT2D eigenvalue weighted by Gasteiger charge is 2.29. The number of amides is 2. The molecule has 198 valence electrons. The molecule has 0 saturated carbocycles. The number of fused-ring (bicyclic) bond motifs is 3. The van der Waals surface area contributed by atoms with Gasteiger partial charge in [-0.1, -0.05) is 53.7 Å². The third kappa shape index (κ3) is 5.97.